The van der Waals surface area contributed by atoms with Crippen LogP contribution in [0.2, 0.25) is 0 Å². The zero-order chi connectivity index (χ0) is 28.0. The number of pyridine rings is 2. The molecule has 10 aromatic rings. The van der Waals surface area contributed by atoms with Crippen molar-refractivity contribution in [2.24, 2.45) is 0 Å². The Morgan fingerprint density at radius 3 is 1.67 bits per heavy atom. The number of fused-ring (bicyclic) bond motifs is 6. The lowest BCUT2D eigenvalue weighted by molar-refractivity contribution is 1.14. The fourth-order valence-electron chi connectivity index (χ4n) is 7.05. The van der Waals surface area contributed by atoms with E-state index in [0.29, 0.717) is 41.8 Å². The van der Waals surface area contributed by atoms with Gasteiger partial charge < -0.3 is 0 Å². The summed E-state index contributed by atoms with van der Waals surface area (Å²) in [5.74, 6) is 0. The van der Waals surface area contributed by atoms with Crippen LogP contribution in [-0.2, 0) is 0 Å². The molecule has 0 aliphatic heterocycles. The van der Waals surface area contributed by atoms with Gasteiger partial charge in [-0.05, 0) is 79.0 Å². The second kappa shape index (κ2) is 7.59. The van der Waals surface area contributed by atoms with Gasteiger partial charge in [0.15, 0.2) is 0 Å². The average Bonchev–Trinajstić information content (AvgIpc) is 2.99. The Morgan fingerprint density at radius 1 is 0.500 bits per heavy atom. The van der Waals surface area contributed by atoms with Gasteiger partial charge >= 0.3 is 0 Å². The summed E-state index contributed by atoms with van der Waals surface area (Å²) >= 11 is 7.57. The monoisotopic (exact) mass is 668 g/mol. The van der Waals surface area contributed by atoms with Crippen LogP contribution in [0.4, 0.5) is 0 Å². The third-order valence-electron chi connectivity index (χ3n) is 8.70. The van der Waals surface area contributed by atoms with E-state index < -0.39 is 0 Å². The van der Waals surface area contributed by atoms with Crippen LogP contribution in [0.5, 0.6) is 0 Å². The first kappa shape index (κ1) is 23.0. The smallest absolute Gasteiger partial charge is 0.265 e. The van der Waals surface area contributed by atoms with Gasteiger partial charge in [0.2, 0.25) is 0 Å². The molecule has 0 aliphatic carbocycles. The summed E-state index contributed by atoms with van der Waals surface area (Å²) in [5.41, 5.74) is 3.92. The van der Waals surface area contributed by atoms with Crippen molar-refractivity contribution in [3.8, 4) is 0 Å². The van der Waals surface area contributed by atoms with E-state index in [9.17, 15) is 9.59 Å². The highest BCUT2D eigenvalue weighted by Gasteiger charge is 2.25. The zero-order valence-electron chi connectivity index (χ0n) is 21.4. The van der Waals surface area contributed by atoms with E-state index in [2.05, 4.69) is 31.9 Å². The van der Waals surface area contributed by atoms with E-state index in [1.54, 1.807) is 8.80 Å². The molecule has 0 saturated carbocycles. The number of benzene rings is 6. The molecule has 0 aliphatic rings. The van der Waals surface area contributed by atoms with E-state index in [-0.39, 0.29) is 11.1 Å². The van der Waals surface area contributed by atoms with Crippen molar-refractivity contribution >= 4 is 119 Å². The van der Waals surface area contributed by atoms with E-state index in [1.165, 1.54) is 0 Å². The Kier molecular flexibility index (Phi) is 4.15. The summed E-state index contributed by atoms with van der Waals surface area (Å²) in [4.78, 5) is 39.0. The minimum absolute atomic E-state index is 0.181. The maximum atomic E-state index is 14.5. The fraction of sp³-hybridized carbons (Fsp3) is 0. The molecule has 4 heterocycles. The van der Waals surface area contributed by atoms with Crippen molar-refractivity contribution in [3.63, 3.8) is 0 Å². The lowest BCUT2D eigenvalue weighted by Gasteiger charge is -2.19. The predicted molar refractivity (Wildman–Crippen MR) is 177 cm³/mol. The van der Waals surface area contributed by atoms with Gasteiger partial charge in [0.25, 0.3) is 11.1 Å². The quantitative estimate of drug-likeness (QED) is 0.121. The summed E-state index contributed by atoms with van der Waals surface area (Å²) in [7, 11) is 0. The van der Waals surface area contributed by atoms with Crippen LogP contribution in [0.25, 0.3) is 87.2 Å². The number of nitrogens with zero attached hydrogens (tertiary/aromatic N) is 4. The minimum Gasteiger partial charge on any atom is -0.268 e. The largest absolute Gasteiger partial charge is 0.268 e. The predicted octanol–water partition coefficient (Wildman–Crippen LogP) is 8.18. The summed E-state index contributed by atoms with van der Waals surface area (Å²) in [6.07, 6.45) is 0. The first-order valence-corrected chi connectivity index (χ1v) is 15.0. The third kappa shape index (κ3) is 2.57. The van der Waals surface area contributed by atoms with Crippen LogP contribution in [0, 0.1) is 0 Å². The Hall–Kier alpha value is -4.66. The van der Waals surface area contributed by atoms with Gasteiger partial charge in [0, 0.05) is 41.3 Å². The molecule has 0 amide bonds. The Morgan fingerprint density at radius 2 is 1.02 bits per heavy atom. The van der Waals surface area contributed by atoms with Gasteiger partial charge in [-0.3, -0.25) is 18.4 Å². The average molecular weight is 670 g/mol. The molecule has 0 N–H and O–H groups in total. The van der Waals surface area contributed by atoms with Gasteiger partial charge in [-0.25, -0.2) is 9.97 Å². The summed E-state index contributed by atoms with van der Waals surface area (Å²) in [6, 6.07) is 27.7. The van der Waals surface area contributed by atoms with E-state index in [0.717, 1.165) is 54.4 Å². The van der Waals surface area contributed by atoms with Crippen molar-refractivity contribution in [1.29, 1.82) is 0 Å². The number of halogens is 2. The Bertz CT molecular complexity index is 2970. The molecule has 0 saturated heterocycles. The molecule has 0 radical (unpaired) electrons. The van der Waals surface area contributed by atoms with Crippen LogP contribution < -0.4 is 11.1 Å². The van der Waals surface area contributed by atoms with Gasteiger partial charge in [-0.15, -0.1) is 0 Å². The summed E-state index contributed by atoms with van der Waals surface area (Å²) in [6.45, 7) is 0. The normalized spacial score (nSPS) is 12.7. The number of rotatable bonds is 0. The summed E-state index contributed by atoms with van der Waals surface area (Å²) in [5, 5.41) is 7.91. The van der Waals surface area contributed by atoms with E-state index in [1.807, 2.05) is 84.9 Å². The molecule has 8 heteroatoms. The van der Waals surface area contributed by atoms with Crippen LogP contribution in [-0.4, -0.2) is 18.8 Å². The second-order valence-electron chi connectivity index (χ2n) is 10.8. The topological polar surface area (TPSA) is 68.7 Å². The van der Waals surface area contributed by atoms with Crippen molar-refractivity contribution in [2.75, 3.05) is 0 Å². The van der Waals surface area contributed by atoms with Crippen LogP contribution in [0.1, 0.15) is 0 Å². The molecule has 0 spiro atoms. The Balaban J connectivity index is 1.55. The number of aromatic nitrogens is 4. The van der Waals surface area contributed by atoms with Gasteiger partial charge in [0.05, 0.1) is 32.8 Å². The maximum absolute atomic E-state index is 14.5. The molecule has 0 unspecified atom stereocenters. The first-order chi connectivity index (χ1) is 20.5. The molecule has 10 rings (SSSR count). The highest BCUT2D eigenvalue weighted by atomic mass is 79.9. The number of hydrogen-bond donors (Lipinski definition) is 0. The van der Waals surface area contributed by atoms with E-state index in [4.69, 9.17) is 9.97 Å². The molecule has 6 aromatic carbocycles. The molecule has 196 valence electrons. The molecule has 0 fully saturated rings. The molecular weight excluding hydrogens is 656 g/mol. The van der Waals surface area contributed by atoms with Crippen LogP contribution in [0.3, 0.4) is 0 Å². The third-order valence-corrected chi connectivity index (χ3v) is 9.95. The summed E-state index contributed by atoms with van der Waals surface area (Å²) < 4.78 is 4.75. The van der Waals surface area contributed by atoms with Crippen molar-refractivity contribution in [3.05, 3.63) is 115 Å². The Labute approximate surface area is 251 Å². The highest BCUT2D eigenvalue weighted by molar-refractivity contribution is 9.11. The molecule has 0 bridgehead atoms. The molecule has 42 heavy (non-hydrogen) atoms. The van der Waals surface area contributed by atoms with Crippen molar-refractivity contribution < 1.29 is 0 Å². The SMILES string of the molecule is O=c1c2cc(Br)c3c4c(c(Br)cc(c24)c2nc4cccc5cccc(c54)n12)c(=O)n1c2cccc4cccc(nc31)c42. The standard InChI is InChI=1S/C34H14Br2N4O2/c35-19-14-18-27-17(31-37-21-9-1-5-15-7-3-11-23(25(15)21)39(31)33(18)41)13-20(36)29-30(27)28(19)32-38-22-10-2-6-16-8-4-12-24(26(16)22)40(32)34(29)42/h1-14H. The second-order valence-corrected chi connectivity index (χ2v) is 12.5. The molecular formula is C34H14Br2N4O2. The number of hydrogen-bond acceptors (Lipinski definition) is 4. The van der Waals surface area contributed by atoms with Crippen LogP contribution in [0.15, 0.2) is 103 Å². The highest BCUT2D eigenvalue weighted by Crippen LogP contribution is 2.43. The molecule has 4 aromatic heterocycles. The zero-order valence-corrected chi connectivity index (χ0v) is 24.6. The van der Waals surface area contributed by atoms with E-state index >= 15 is 0 Å². The van der Waals surface area contributed by atoms with Gasteiger partial charge in [-0.2, -0.15) is 0 Å². The van der Waals surface area contributed by atoms with Gasteiger partial charge in [-0.1, -0.05) is 48.5 Å². The van der Waals surface area contributed by atoms with Crippen LogP contribution >= 0.6 is 31.9 Å². The van der Waals surface area contributed by atoms with Gasteiger partial charge in [0.1, 0.15) is 11.3 Å². The maximum Gasteiger partial charge on any atom is 0.265 e. The fourth-order valence-corrected chi connectivity index (χ4v) is 8.25. The van der Waals surface area contributed by atoms with Crippen molar-refractivity contribution in [1.82, 2.24) is 18.8 Å². The molecule has 6 nitrogen and oxygen atoms in total. The lowest BCUT2D eigenvalue weighted by atomic mass is 9.95. The molecule has 0 atom stereocenters. The van der Waals surface area contributed by atoms with Crippen molar-refractivity contribution in [2.45, 2.75) is 0 Å². The first-order valence-electron chi connectivity index (χ1n) is 13.4. The minimum atomic E-state index is -0.193. The lowest BCUT2D eigenvalue weighted by Crippen LogP contribution is -2.20.